The zero-order valence-corrected chi connectivity index (χ0v) is 15.9. The molecular weight excluding hydrogens is 417 g/mol. The van der Waals surface area contributed by atoms with Crippen molar-refractivity contribution in [1.29, 1.82) is 0 Å². The Labute approximate surface area is 155 Å². The molecule has 0 aliphatic carbocycles. The monoisotopic (exact) mass is 437 g/mol. The lowest BCUT2D eigenvalue weighted by Gasteiger charge is -2.27. The summed E-state index contributed by atoms with van der Waals surface area (Å²) >= 11 is 2.23. The second-order valence-corrected chi connectivity index (χ2v) is 7.02. The molecule has 126 valence electrons. The third-order valence-electron chi connectivity index (χ3n) is 4.38. The number of carbonyl (C=O) groups is 1. The van der Waals surface area contributed by atoms with Crippen molar-refractivity contribution in [3.8, 4) is 11.5 Å². The first kappa shape index (κ1) is 17.1. The predicted octanol–water partition coefficient (Wildman–Crippen LogP) is 4.29. The normalized spacial score (nSPS) is 17.0. The fourth-order valence-electron chi connectivity index (χ4n) is 3.22. The van der Waals surface area contributed by atoms with Gasteiger partial charge in [-0.2, -0.15) is 0 Å². The number of benzene rings is 2. The standard InChI is InChI=1S/C19H20INO3/c1-23-15-8-9-18(24-2)16(12-15)17-7-4-10-21(17)19(22)13-5-3-6-14(20)11-13/h3,5-6,8-9,11-12,17H,4,7,10H2,1-2H3/t17-/m0/s1. The van der Waals surface area contributed by atoms with Crippen LogP contribution >= 0.6 is 22.6 Å². The Morgan fingerprint density at radius 3 is 2.71 bits per heavy atom. The zero-order valence-electron chi connectivity index (χ0n) is 13.8. The van der Waals surface area contributed by atoms with E-state index in [1.165, 1.54) is 0 Å². The van der Waals surface area contributed by atoms with Gasteiger partial charge in [0.15, 0.2) is 0 Å². The van der Waals surface area contributed by atoms with E-state index in [1.54, 1.807) is 14.2 Å². The first-order chi connectivity index (χ1) is 11.6. The second-order valence-electron chi connectivity index (χ2n) is 5.77. The van der Waals surface area contributed by atoms with Crippen LogP contribution in [0.5, 0.6) is 11.5 Å². The maximum absolute atomic E-state index is 13.0. The van der Waals surface area contributed by atoms with Crippen LogP contribution in [0.25, 0.3) is 0 Å². The smallest absolute Gasteiger partial charge is 0.254 e. The van der Waals surface area contributed by atoms with E-state index >= 15 is 0 Å². The van der Waals surface area contributed by atoms with Gasteiger partial charge in [-0.05, 0) is 71.8 Å². The van der Waals surface area contributed by atoms with Crippen LogP contribution in [0.2, 0.25) is 0 Å². The number of methoxy groups -OCH3 is 2. The van der Waals surface area contributed by atoms with Crippen LogP contribution in [0.3, 0.4) is 0 Å². The molecule has 1 atom stereocenters. The molecule has 24 heavy (non-hydrogen) atoms. The van der Waals surface area contributed by atoms with Crippen molar-refractivity contribution in [2.24, 2.45) is 0 Å². The highest BCUT2D eigenvalue weighted by atomic mass is 127. The molecule has 5 heteroatoms. The van der Waals surface area contributed by atoms with Gasteiger partial charge in [-0.25, -0.2) is 0 Å². The number of rotatable bonds is 4. The van der Waals surface area contributed by atoms with Crippen molar-refractivity contribution < 1.29 is 14.3 Å². The van der Waals surface area contributed by atoms with Gasteiger partial charge in [0.25, 0.3) is 5.91 Å². The molecular formula is C19H20INO3. The summed E-state index contributed by atoms with van der Waals surface area (Å²) in [7, 11) is 3.31. The minimum absolute atomic E-state index is 0.0143. The van der Waals surface area contributed by atoms with Gasteiger partial charge in [0, 0.05) is 21.2 Å². The molecule has 0 bridgehead atoms. The Bertz CT molecular complexity index is 747. The van der Waals surface area contributed by atoms with E-state index in [4.69, 9.17) is 9.47 Å². The number of likely N-dealkylation sites (tertiary alicyclic amines) is 1. The lowest BCUT2D eigenvalue weighted by molar-refractivity contribution is 0.0734. The molecule has 1 fully saturated rings. The van der Waals surface area contributed by atoms with E-state index in [2.05, 4.69) is 22.6 Å². The van der Waals surface area contributed by atoms with Gasteiger partial charge < -0.3 is 14.4 Å². The number of nitrogens with zero attached hydrogens (tertiary/aromatic N) is 1. The molecule has 1 aliphatic heterocycles. The fraction of sp³-hybridized carbons (Fsp3) is 0.316. The molecule has 0 unspecified atom stereocenters. The van der Waals surface area contributed by atoms with E-state index in [0.29, 0.717) is 0 Å². The minimum atomic E-state index is 0.0143. The van der Waals surface area contributed by atoms with Gasteiger partial charge in [-0.1, -0.05) is 6.07 Å². The number of hydrogen-bond donors (Lipinski definition) is 0. The molecule has 0 N–H and O–H groups in total. The lowest BCUT2D eigenvalue weighted by Crippen LogP contribution is -2.30. The van der Waals surface area contributed by atoms with Crippen LogP contribution in [-0.4, -0.2) is 31.6 Å². The molecule has 1 saturated heterocycles. The van der Waals surface area contributed by atoms with Crippen molar-refractivity contribution in [1.82, 2.24) is 4.90 Å². The Balaban J connectivity index is 1.95. The summed E-state index contributed by atoms with van der Waals surface area (Å²) in [6.45, 7) is 0.759. The molecule has 3 rings (SSSR count). The average molecular weight is 437 g/mol. The third-order valence-corrected chi connectivity index (χ3v) is 5.05. The maximum atomic E-state index is 13.0. The summed E-state index contributed by atoms with van der Waals surface area (Å²) in [5, 5.41) is 0. The van der Waals surface area contributed by atoms with E-state index < -0.39 is 0 Å². The molecule has 1 aliphatic rings. The van der Waals surface area contributed by atoms with Crippen molar-refractivity contribution in [3.63, 3.8) is 0 Å². The third kappa shape index (κ3) is 3.36. The Morgan fingerprint density at radius 1 is 1.17 bits per heavy atom. The summed E-state index contributed by atoms with van der Waals surface area (Å²) in [5.74, 6) is 1.64. The summed E-state index contributed by atoms with van der Waals surface area (Å²) < 4.78 is 11.9. The summed E-state index contributed by atoms with van der Waals surface area (Å²) in [6, 6.07) is 13.5. The molecule has 1 amide bonds. The Morgan fingerprint density at radius 2 is 2.00 bits per heavy atom. The van der Waals surface area contributed by atoms with Crippen molar-refractivity contribution >= 4 is 28.5 Å². The summed E-state index contributed by atoms with van der Waals surface area (Å²) in [6.07, 6.45) is 1.92. The Hall–Kier alpha value is -1.76. The van der Waals surface area contributed by atoms with Crippen LogP contribution in [0.1, 0.15) is 34.8 Å². The van der Waals surface area contributed by atoms with Crippen LogP contribution in [-0.2, 0) is 0 Å². The number of halogens is 1. The highest BCUT2D eigenvalue weighted by Crippen LogP contribution is 2.39. The first-order valence-corrected chi connectivity index (χ1v) is 9.00. The van der Waals surface area contributed by atoms with E-state index in [-0.39, 0.29) is 11.9 Å². The van der Waals surface area contributed by atoms with Gasteiger partial charge in [-0.3, -0.25) is 4.79 Å². The molecule has 2 aromatic carbocycles. The summed E-state index contributed by atoms with van der Waals surface area (Å²) in [5.41, 5.74) is 1.74. The van der Waals surface area contributed by atoms with Gasteiger partial charge >= 0.3 is 0 Å². The fourth-order valence-corrected chi connectivity index (χ4v) is 3.76. The quantitative estimate of drug-likeness (QED) is 0.671. The van der Waals surface area contributed by atoms with E-state index in [1.807, 2.05) is 47.4 Å². The van der Waals surface area contributed by atoms with E-state index in [9.17, 15) is 4.79 Å². The first-order valence-electron chi connectivity index (χ1n) is 7.92. The SMILES string of the molecule is COc1ccc(OC)c([C@@H]2CCCN2C(=O)c2cccc(I)c2)c1. The van der Waals surface area contributed by atoms with E-state index in [0.717, 1.165) is 45.6 Å². The van der Waals surface area contributed by atoms with Crippen LogP contribution in [0, 0.1) is 3.57 Å². The molecule has 4 nitrogen and oxygen atoms in total. The largest absolute Gasteiger partial charge is 0.497 e. The molecule has 0 radical (unpaired) electrons. The molecule has 2 aromatic rings. The molecule has 0 spiro atoms. The lowest BCUT2D eigenvalue weighted by atomic mass is 10.0. The predicted molar refractivity (Wildman–Crippen MR) is 102 cm³/mol. The number of carbonyl (C=O) groups excluding carboxylic acids is 1. The second kappa shape index (κ2) is 7.42. The summed E-state index contributed by atoms with van der Waals surface area (Å²) in [4.78, 5) is 14.9. The maximum Gasteiger partial charge on any atom is 0.254 e. The van der Waals surface area contributed by atoms with Gasteiger partial charge in [0.2, 0.25) is 0 Å². The van der Waals surface area contributed by atoms with Crippen LogP contribution < -0.4 is 9.47 Å². The average Bonchev–Trinajstić information content (AvgIpc) is 3.10. The van der Waals surface area contributed by atoms with Gasteiger partial charge in [0.05, 0.1) is 20.3 Å². The minimum Gasteiger partial charge on any atom is -0.497 e. The van der Waals surface area contributed by atoms with Crippen molar-refractivity contribution in [2.75, 3.05) is 20.8 Å². The molecule has 1 heterocycles. The number of amides is 1. The van der Waals surface area contributed by atoms with Gasteiger partial charge in [0.1, 0.15) is 11.5 Å². The zero-order chi connectivity index (χ0) is 17.1. The van der Waals surface area contributed by atoms with Crippen molar-refractivity contribution in [3.05, 3.63) is 57.2 Å². The Kier molecular flexibility index (Phi) is 5.28. The number of hydrogen-bond acceptors (Lipinski definition) is 3. The molecule has 0 saturated carbocycles. The number of ether oxygens (including phenoxy) is 2. The highest BCUT2D eigenvalue weighted by molar-refractivity contribution is 14.1. The van der Waals surface area contributed by atoms with Gasteiger partial charge in [-0.15, -0.1) is 0 Å². The van der Waals surface area contributed by atoms with Crippen LogP contribution in [0.15, 0.2) is 42.5 Å². The topological polar surface area (TPSA) is 38.8 Å². The van der Waals surface area contributed by atoms with Crippen LogP contribution in [0.4, 0.5) is 0 Å². The highest BCUT2D eigenvalue weighted by Gasteiger charge is 2.32. The van der Waals surface area contributed by atoms with Crippen molar-refractivity contribution in [2.45, 2.75) is 18.9 Å². The molecule has 0 aromatic heterocycles.